The van der Waals surface area contributed by atoms with Gasteiger partial charge in [-0.05, 0) is 30.7 Å². The summed E-state index contributed by atoms with van der Waals surface area (Å²) < 4.78 is 20.0. The van der Waals surface area contributed by atoms with E-state index in [-0.39, 0.29) is 11.8 Å². The van der Waals surface area contributed by atoms with Crippen LogP contribution in [0.1, 0.15) is 28.7 Å². The van der Waals surface area contributed by atoms with Gasteiger partial charge < -0.3 is 9.84 Å². The van der Waals surface area contributed by atoms with Crippen molar-refractivity contribution in [3.63, 3.8) is 0 Å². The number of pyridine rings is 1. The predicted octanol–water partition coefficient (Wildman–Crippen LogP) is 3.46. The number of nitrogens with one attached hydrogen (secondary N) is 1. The normalized spacial score (nSPS) is 18.6. The van der Waals surface area contributed by atoms with Crippen molar-refractivity contribution in [2.45, 2.75) is 18.5 Å². The van der Waals surface area contributed by atoms with Crippen LogP contribution in [0, 0.1) is 0 Å². The highest BCUT2D eigenvalue weighted by molar-refractivity contribution is 6.03. The van der Waals surface area contributed by atoms with Gasteiger partial charge in [0.25, 0.3) is 5.91 Å². The number of rotatable bonds is 4. The lowest BCUT2D eigenvalue weighted by Gasteiger charge is -2.06. The molecule has 1 fully saturated rings. The van der Waals surface area contributed by atoms with Crippen LogP contribution in [0.5, 0.6) is 0 Å². The molecule has 0 aliphatic heterocycles. The molecule has 8 heteroatoms. The molecule has 1 aliphatic rings. The summed E-state index contributed by atoms with van der Waals surface area (Å²) >= 11 is 0. The largest absolute Gasteiger partial charge is 0.339 e. The summed E-state index contributed by atoms with van der Waals surface area (Å²) in [5.41, 5.74) is 2.39. The lowest BCUT2D eigenvalue weighted by molar-refractivity contribution is 0.102. The van der Waals surface area contributed by atoms with Gasteiger partial charge in [0.15, 0.2) is 0 Å². The van der Waals surface area contributed by atoms with Crippen LogP contribution in [0.4, 0.5) is 10.1 Å². The summed E-state index contributed by atoms with van der Waals surface area (Å²) in [5.74, 6) is 0.120. The first-order chi connectivity index (χ1) is 13.2. The number of fused-ring (bicyclic) bond motifs is 1. The molecule has 0 bridgehead atoms. The molecule has 134 valence electrons. The maximum absolute atomic E-state index is 13.1. The first-order valence-corrected chi connectivity index (χ1v) is 8.50. The topological polar surface area (TPSA) is 85.3 Å². The van der Waals surface area contributed by atoms with Gasteiger partial charge in [-0.25, -0.2) is 9.37 Å². The number of anilines is 1. The molecule has 3 aromatic heterocycles. The molecule has 27 heavy (non-hydrogen) atoms. The maximum atomic E-state index is 13.1. The minimum Gasteiger partial charge on any atom is -0.339 e. The lowest BCUT2D eigenvalue weighted by Crippen LogP contribution is -2.14. The second-order valence-electron chi connectivity index (χ2n) is 6.42. The molecular formula is C19H14FN5O2. The number of nitrogens with zero attached hydrogens (tertiary/aromatic N) is 4. The highest BCUT2D eigenvalue weighted by atomic mass is 19.1. The Morgan fingerprint density at radius 3 is 3.00 bits per heavy atom. The molecule has 4 aromatic rings. The molecular weight excluding hydrogens is 349 g/mol. The number of amides is 1. The molecule has 1 saturated carbocycles. The van der Waals surface area contributed by atoms with Crippen molar-refractivity contribution in [2.24, 2.45) is 0 Å². The van der Waals surface area contributed by atoms with E-state index in [1.807, 2.05) is 18.2 Å². The van der Waals surface area contributed by atoms with Gasteiger partial charge in [-0.1, -0.05) is 23.4 Å². The molecule has 0 unspecified atom stereocenters. The lowest BCUT2D eigenvalue weighted by atomic mass is 10.2. The van der Waals surface area contributed by atoms with Crippen molar-refractivity contribution in [1.29, 1.82) is 0 Å². The van der Waals surface area contributed by atoms with Crippen molar-refractivity contribution < 1.29 is 13.7 Å². The summed E-state index contributed by atoms with van der Waals surface area (Å²) in [6, 6.07) is 12.6. The van der Waals surface area contributed by atoms with Crippen molar-refractivity contribution in [3.8, 4) is 11.4 Å². The Kier molecular flexibility index (Phi) is 3.49. The molecule has 0 saturated heterocycles. The zero-order valence-corrected chi connectivity index (χ0v) is 14.0. The smallest absolute Gasteiger partial charge is 0.274 e. The highest BCUT2D eigenvalue weighted by Gasteiger charge is 2.43. The predicted molar refractivity (Wildman–Crippen MR) is 95.1 cm³/mol. The Hall–Kier alpha value is -3.55. The van der Waals surface area contributed by atoms with Crippen molar-refractivity contribution in [3.05, 3.63) is 66.4 Å². The molecule has 1 N–H and O–H groups in total. The van der Waals surface area contributed by atoms with Crippen molar-refractivity contribution >= 4 is 17.2 Å². The SMILES string of the molecule is O=C(Nc1cccc(-c2noc([C@H]3C[C@H]3F)n2)c1)c1cnc2ccccn12. The minimum absolute atomic E-state index is 0.280. The van der Waals surface area contributed by atoms with Crippen LogP contribution in [-0.4, -0.2) is 31.6 Å². The number of carbonyl (C=O) groups is 1. The number of hydrogen-bond acceptors (Lipinski definition) is 5. The first kappa shape index (κ1) is 15.7. The first-order valence-electron chi connectivity index (χ1n) is 8.50. The number of benzene rings is 1. The van der Waals surface area contributed by atoms with Crippen LogP contribution < -0.4 is 5.32 Å². The van der Waals surface area contributed by atoms with E-state index in [1.54, 1.807) is 34.9 Å². The summed E-state index contributed by atoms with van der Waals surface area (Å²) in [6.07, 6.45) is 2.85. The Labute approximate surface area is 152 Å². The fourth-order valence-electron chi connectivity index (χ4n) is 2.95. The number of hydrogen-bond donors (Lipinski definition) is 1. The average Bonchev–Trinajstić information content (AvgIpc) is 3.11. The Balaban J connectivity index is 1.39. The van der Waals surface area contributed by atoms with E-state index in [0.717, 1.165) is 0 Å². The van der Waals surface area contributed by atoms with E-state index in [0.29, 0.717) is 40.7 Å². The van der Waals surface area contributed by atoms with Gasteiger partial charge in [0, 0.05) is 17.4 Å². The molecule has 3 heterocycles. The molecule has 0 spiro atoms. The zero-order valence-electron chi connectivity index (χ0n) is 14.0. The number of imidazole rings is 1. The summed E-state index contributed by atoms with van der Waals surface area (Å²) in [7, 11) is 0. The second-order valence-corrected chi connectivity index (χ2v) is 6.42. The van der Waals surface area contributed by atoms with E-state index >= 15 is 0 Å². The number of halogens is 1. The molecule has 1 aliphatic carbocycles. The van der Waals surface area contributed by atoms with Crippen LogP contribution in [0.2, 0.25) is 0 Å². The van der Waals surface area contributed by atoms with Crippen LogP contribution in [0.15, 0.2) is 59.4 Å². The Bertz CT molecular complexity index is 1150. The molecule has 1 aromatic carbocycles. The van der Waals surface area contributed by atoms with Gasteiger partial charge in [-0.2, -0.15) is 4.98 Å². The Morgan fingerprint density at radius 1 is 1.26 bits per heavy atom. The number of aromatic nitrogens is 4. The maximum Gasteiger partial charge on any atom is 0.274 e. The standard InChI is InChI=1S/C19H14FN5O2/c20-14-9-13(14)19-23-17(24-27-19)11-4-3-5-12(8-11)22-18(26)15-10-21-16-6-1-2-7-25(15)16/h1-8,10,13-14H,9H2,(H,22,26)/t13-,14+/m0/s1. The quantitative estimate of drug-likeness (QED) is 0.600. The van der Waals surface area contributed by atoms with E-state index in [4.69, 9.17) is 4.52 Å². The van der Waals surface area contributed by atoms with Gasteiger partial charge in [0.05, 0.1) is 12.1 Å². The summed E-state index contributed by atoms with van der Waals surface area (Å²) in [5, 5.41) is 6.76. The number of carbonyl (C=O) groups excluding carboxylic acids is 1. The fraction of sp³-hybridized carbons (Fsp3) is 0.158. The third-order valence-electron chi connectivity index (χ3n) is 4.50. The third kappa shape index (κ3) is 2.84. The van der Waals surface area contributed by atoms with Crippen LogP contribution in [-0.2, 0) is 0 Å². The zero-order chi connectivity index (χ0) is 18.4. The van der Waals surface area contributed by atoms with Crippen molar-refractivity contribution in [2.75, 3.05) is 5.32 Å². The van der Waals surface area contributed by atoms with E-state index in [2.05, 4.69) is 20.4 Å². The minimum atomic E-state index is -0.894. The van der Waals surface area contributed by atoms with Gasteiger partial charge >= 0.3 is 0 Å². The highest BCUT2D eigenvalue weighted by Crippen LogP contribution is 2.43. The van der Waals surface area contributed by atoms with Gasteiger partial charge in [0.1, 0.15) is 17.5 Å². The molecule has 1 amide bonds. The molecule has 7 nitrogen and oxygen atoms in total. The van der Waals surface area contributed by atoms with E-state index in [9.17, 15) is 9.18 Å². The average molecular weight is 363 g/mol. The summed E-state index contributed by atoms with van der Waals surface area (Å²) in [4.78, 5) is 21.1. The van der Waals surface area contributed by atoms with Gasteiger partial charge in [-0.15, -0.1) is 0 Å². The second kappa shape index (κ2) is 6.01. The molecule has 5 rings (SSSR count). The molecule has 2 atom stereocenters. The summed E-state index contributed by atoms with van der Waals surface area (Å²) in [6.45, 7) is 0. The monoisotopic (exact) mass is 363 g/mol. The van der Waals surface area contributed by atoms with Crippen LogP contribution in [0.25, 0.3) is 17.0 Å². The van der Waals surface area contributed by atoms with E-state index < -0.39 is 6.17 Å². The van der Waals surface area contributed by atoms with Crippen LogP contribution in [0.3, 0.4) is 0 Å². The number of alkyl halides is 1. The molecule has 0 radical (unpaired) electrons. The van der Waals surface area contributed by atoms with Gasteiger partial charge in [0.2, 0.25) is 11.7 Å². The Morgan fingerprint density at radius 2 is 2.15 bits per heavy atom. The van der Waals surface area contributed by atoms with Crippen molar-refractivity contribution in [1.82, 2.24) is 19.5 Å². The third-order valence-corrected chi connectivity index (χ3v) is 4.50. The van der Waals surface area contributed by atoms with E-state index in [1.165, 1.54) is 6.20 Å². The van der Waals surface area contributed by atoms with Crippen LogP contribution >= 0.6 is 0 Å². The van der Waals surface area contributed by atoms with Gasteiger partial charge in [-0.3, -0.25) is 9.20 Å². The fourth-order valence-corrected chi connectivity index (χ4v) is 2.95.